The van der Waals surface area contributed by atoms with Crippen molar-refractivity contribution in [3.8, 4) is 11.5 Å². The lowest BCUT2D eigenvalue weighted by molar-refractivity contribution is -0.274. The molecule has 1 atom stereocenters. The summed E-state index contributed by atoms with van der Waals surface area (Å²) in [5.41, 5.74) is 9.05. The van der Waals surface area contributed by atoms with Crippen molar-refractivity contribution in [1.29, 1.82) is 5.53 Å². The van der Waals surface area contributed by atoms with E-state index >= 15 is 0 Å². The molecule has 1 fully saturated rings. The number of piperidine rings is 1. The Labute approximate surface area is 208 Å². The summed E-state index contributed by atoms with van der Waals surface area (Å²) < 4.78 is 46.9. The second kappa shape index (κ2) is 10.7. The number of nitrogens with zero attached hydrogens (tertiary/aromatic N) is 2. The van der Waals surface area contributed by atoms with Crippen LogP contribution in [0, 0.1) is 5.53 Å². The summed E-state index contributed by atoms with van der Waals surface area (Å²) in [7, 11) is 0. The Kier molecular flexibility index (Phi) is 7.41. The number of carbonyl (C=O) groups excluding carboxylic acids is 3. The molecular weight excluding hydrogens is 495 g/mol. The number of nitrogens with one attached hydrogen (secondary N) is 3. The lowest BCUT2D eigenvalue weighted by Crippen LogP contribution is -2.52. The molecule has 3 N–H and O–H groups in total. The van der Waals surface area contributed by atoms with Crippen molar-refractivity contribution in [2.75, 3.05) is 6.61 Å². The Bertz CT molecular complexity index is 1260. The summed E-state index contributed by atoms with van der Waals surface area (Å²) in [6, 6.07) is 9.62. The normalized spacial score (nSPS) is 17.8. The first-order valence-electron chi connectivity index (χ1n) is 11.2. The molecule has 0 radical (unpaired) electrons. The maximum absolute atomic E-state index is 12.9. The first-order valence-corrected chi connectivity index (χ1v) is 11.2. The lowest BCUT2D eigenvalue weighted by atomic mass is 10.0. The van der Waals surface area contributed by atoms with Crippen molar-refractivity contribution >= 4 is 17.7 Å². The van der Waals surface area contributed by atoms with Crippen LogP contribution in [0.25, 0.3) is 0 Å². The minimum Gasteiger partial charge on any atom is -0.487 e. The maximum atomic E-state index is 12.9. The van der Waals surface area contributed by atoms with Crippen molar-refractivity contribution in [1.82, 2.24) is 15.5 Å². The molecule has 194 valence electrons. The largest absolute Gasteiger partial charge is 0.573 e. The van der Waals surface area contributed by atoms with E-state index in [0.717, 1.165) is 0 Å². The second-order valence-corrected chi connectivity index (χ2v) is 8.29. The van der Waals surface area contributed by atoms with Crippen molar-refractivity contribution in [2.45, 2.75) is 38.3 Å². The fourth-order valence-corrected chi connectivity index (χ4v) is 4.09. The average molecular weight is 517 g/mol. The molecule has 10 nitrogen and oxygen atoms in total. The van der Waals surface area contributed by atoms with E-state index in [1.54, 1.807) is 24.3 Å². The monoisotopic (exact) mass is 517 g/mol. The fourth-order valence-electron chi connectivity index (χ4n) is 4.09. The Balaban J connectivity index is 1.37. The van der Waals surface area contributed by atoms with Crippen molar-refractivity contribution in [3.63, 3.8) is 0 Å². The number of rotatable bonds is 9. The Morgan fingerprint density at radius 3 is 2.73 bits per heavy atom. The molecule has 2 aliphatic rings. The first kappa shape index (κ1) is 25.7. The van der Waals surface area contributed by atoms with E-state index in [1.165, 1.54) is 29.3 Å². The third kappa shape index (κ3) is 6.23. The minimum atomic E-state index is -4.79. The number of hydrogen-bond donors (Lipinski definition) is 3. The van der Waals surface area contributed by atoms with Gasteiger partial charge in [0, 0.05) is 30.3 Å². The SMILES string of the molecule is N=N/C(=C\NCc1cccc(OC(F)(F)F)c1)COc1cccc2c1CN(C1CCC(=O)NC1=O)C2=O. The maximum Gasteiger partial charge on any atom is 0.573 e. The summed E-state index contributed by atoms with van der Waals surface area (Å²) in [5.74, 6) is -1.19. The number of amides is 3. The van der Waals surface area contributed by atoms with Gasteiger partial charge in [0.25, 0.3) is 5.91 Å². The number of ether oxygens (including phenoxy) is 2. The molecule has 0 aromatic heterocycles. The number of alkyl halides is 3. The third-order valence-corrected chi connectivity index (χ3v) is 5.77. The van der Waals surface area contributed by atoms with Gasteiger partial charge in [-0.3, -0.25) is 19.7 Å². The number of hydrogen-bond acceptors (Lipinski definition) is 8. The molecule has 3 amide bonds. The van der Waals surface area contributed by atoms with Gasteiger partial charge in [-0.05, 0) is 36.2 Å². The number of halogens is 3. The van der Waals surface area contributed by atoms with Gasteiger partial charge in [0.05, 0.1) is 6.54 Å². The fraction of sp³-hybridized carbons (Fsp3) is 0.292. The summed E-state index contributed by atoms with van der Waals surface area (Å²) in [6.07, 6.45) is -3.01. The number of carbonyl (C=O) groups is 3. The molecule has 1 saturated heterocycles. The molecule has 1 unspecified atom stereocenters. The van der Waals surface area contributed by atoms with Crippen molar-refractivity contribution in [2.24, 2.45) is 5.11 Å². The highest BCUT2D eigenvalue weighted by Gasteiger charge is 2.40. The molecule has 2 heterocycles. The van der Waals surface area contributed by atoms with E-state index in [0.29, 0.717) is 22.4 Å². The number of imide groups is 1. The summed E-state index contributed by atoms with van der Waals surface area (Å²) in [4.78, 5) is 38.0. The first-order chi connectivity index (χ1) is 17.6. The van der Waals surface area contributed by atoms with Gasteiger partial charge in [-0.2, -0.15) is 5.11 Å². The van der Waals surface area contributed by atoms with Gasteiger partial charge >= 0.3 is 6.36 Å². The standard InChI is InChI=1S/C24H22F3N5O5/c25-24(26,27)37-16-4-1-3-14(9-16)10-29-11-15(31-28)13-36-20-6-2-5-17-18(20)12-32(23(17)35)19-7-8-21(33)30-22(19)34/h1-6,9,11,19,28-29H,7-8,10,12-13H2,(H,30,33,34)/b15-11-,31-28?. The number of benzene rings is 2. The van der Waals surface area contributed by atoms with Gasteiger partial charge < -0.3 is 19.7 Å². The van der Waals surface area contributed by atoms with E-state index in [2.05, 4.69) is 20.5 Å². The quantitative estimate of drug-likeness (QED) is 0.345. The van der Waals surface area contributed by atoms with Crippen LogP contribution in [0.4, 0.5) is 13.2 Å². The predicted molar refractivity (Wildman–Crippen MR) is 121 cm³/mol. The van der Waals surface area contributed by atoms with Crippen LogP contribution in [0.2, 0.25) is 0 Å². The van der Waals surface area contributed by atoms with Gasteiger partial charge in [0.2, 0.25) is 11.8 Å². The molecule has 37 heavy (non-hydrogen) atoms. The smallest absolute Gasteiger partial charge is 0.487 e. The highest BCUT2D eigenvalue weighted by Crippen LogP contribution is 2.33. The molecule has 0 saturated carbocycles. The lowest BCUT2D eigenvalue weighted by Gasteiger charge is -2.29. The predicted octanol–water partition coefficient (Wildman–Crippen LogP) is 3.39. The molecule has 2 aliphatic heterocycles. The van der Waals surface area contributed by atoms with Crippen LogP contribution in [-0.2, 0) is 22.7 Å². The topological polar surface area (TPSA) is 133 Å². The van der Waals surface area contributed by atoms with E-state index < -0.39 is 18.3 Å². The van der Waals surface area contributed by atoms with Gasteiger partial charge in [-0.25, -0.2) is 5.53 Å². The molecule has 0 aliphatic carbocycles. The van der Waals surface area contributed by atoms with E-state index in [9.17, 15) is 27.6 Å². The van der Waals surface area contributed by atoms with Crippen LogP contribution < -0.4 is 20.1 Å². The summed E-state index contributed by atoms with van der Waals surface area (Å²) in [6.45, 7) is 0.142. The van der Waals surface area contributed by atoms with Gasteiger partial charge in [0.1, 0.15) is 29.8 Å². The Morgan fingerprint density at radius 2 is 2.00 bits per heavy atom. The minimum absolute atomic E-state index is 0.127. The molecular formula is C24H22F3N5O5. The average Bonchev–Trinajstić information content (AvgIpc) is 3.17. The van der Waals surface area contributed by atoms with Crippen LogP contribution >= 0.6 is 0 Å². The van der Waals surface area contributed by atoms with Crippen molar-refractivity contribution < 1.29 is 37.0 Å². The zero-order valence-corrected chi connectivity index (χ0v) is 19.3. The van der Waals surface area contributed by atoms with Crippen LogP contribution in [0.5, 0.6) is 11.5 Å². The third-order valence-electron chi connectivity index (χ3n) is 5.77. The second-order valence-electron chi connectivity index (χ2n) is 8.29. The molecule has 0 spiro atoms. The van der Waals surface area contributed by atoms with Crippen LogP contribution in [0.15, 0.2) is 59.5 Å². The molecule has 13 heteroatoms. The van der Waals surface area contributed by atoms with E-state index in [-0.39, 0.29) is 55.8 Å². The van der Waals surface area contributed by atoms with Crippen LogP contribution in [0.3, 0.4) is 0 Å². The summed E-state index contributed by atoms with van der Waals surface area (Å²) >= 11 is 0. The van der Waals surface area contributed by atoms with E-state index in [1.807, 2.05) is 0 Å². The van der Waals surface area contributed by atoms with Gasteiger partial charge in [-0.1, -0.05) is 18.2 Å². The molecule has 4 rings (SSSR count). The van der Waals surface area contributed by atoms with Gasteiger partial charge in [0.15, 0.2) is 0 Å². The van der Waals surface area contributed by atoms with Crippen LogP contribution in [-0.4, -0.2) is 41.6 Å². The molecule has 2 aromatic carbocycles. The summed E-state index contributed by atoms with van der Waals surface area (Å²) in [5, 5.41) is 8.52. The van der Waals surface area contributed by atoms with Crippen molar-refractivity contribution in [3.05, 3.63) is 71.1 Å². The zero-order chi connectivity index (χ0) is 26.6. The van der Waals surface area contributed by atoms with E-state index in [4.69, 9.17) is 10.3 Å². The molecule has 2 aromatic rings. The zero-order valence-electron chi connectivity index (χ0n) is 19.3. The van der Waals surface area contributed by atoms with Crippen LogP contribution in [0.1, 0.15) is 34.3 Å². The number of fused-ring (bicyclic) bond motifs is 1. The molecule has 0 bridgehead atoms. The highest BCUT2D eigenvalue weighted by atomic mass is 19.4. The Morgan fingerprint density at radius 1 is 1.22 bits per heavy atom. The Hall–Kier alpha value is -4.42. The van der Waals surface area contributed by atoms with Gasteiger partial charge in [-0.15, -0.1) is 13.2 Å². The highest BCUT2D eigenvalue weighted by molar-refractivity contribution is 6.05.